The van der Waals surface area contributed by atoms with E-state index >= 15 is 0 Å². The fourth-order valence-corrected chi connectivity index (χ4v) is 3.96. The zero-order valence-corrected chi connectivity index (χ0v) is 10.8. The van der Waals surface area contributed by atoms with E-state index in [-0.39, 0.29) is 35.7 Å². The molecule has 0 unspecified atom stereocenters. The summed E-state index contributed by atoms with van der Waals surface area (Å²) in [6.45, 7) is 10.1. The lowest BCUT2D eigenvalue weighted by Crippen LogP contribution is -2.29. The summed E-state index contributed by atoms with van der Waals surface area (Å²) in [5.74, 6) is 0.443. The lowest BCUT2D eigenvalue weighted by molar-refractivity contribution is -0.145. The highest BCUT2D eigenvalue weighted by Gasteiger charge is 2.53. The first-order valence-corrected chi connectivity index (χ1v) is 6.75. The Labute approximate surface area is 108 Å². The highest BCUT2D eigenvalue weighted by molar-refractivity contribution is 5.75. The van der Waals surface area contributed by atoms with E-state index in [2.05, 4.69) is 13.2 Å². The number of fused-ring (bicyclic) bond motifs is 3. The minimum Gasteiger partial charge on any atom is -0.461 e. The van der Waals surface area contributed by atoms with Gasteiger partial charge in [0.15, 0.2) is 0 Å². The molecule has 3 rings (SSSR count). The third kappa shape index (κ3) is 1.50. The van der Waals surface area contributed by atoms with Crippen LogP contribution in [0.15, 0.2) is 24.3 Å². The predicted octanol–water partition coefficient (Wildman–Crippen LogP) is 2.07. The number of allylic oxidation sites excluding steroid dienone is 1. The molecule has 3 heteroatoms. The second-order valence-electron chi connectivity index (χ2n) is 6.01. The van der Waals surface area contributed by atoms with Gasteiger partial charge < -0.3 is 9.84 Å². The number of ether oxygens (including phenoxy) is 1. The first kappa shape index (κ1) is 12.0. The maximum Gasteiger partial charge on any atom is 0.309 e. The Morgan fingerprint density at radius 1 is 1.39 bits per heavy atom. The summed E-state index contributed by atoms with van der Waals surface area (Å²) < 4.78 is 5.59. The number of aliphatic hydroxyl groups is 1. The Morgan fingerprint density at radius 3 is 2.83 bits per heavy atom. The summed E-state index contributed by atoms with van der Waals surface area (Å²) in [5, 5.41) is 10.0. The summed E-state index contributed by atoms with van der Waals surface area (Å²) in [7, 11) is 0. The minimum absolute atomic E-state index is 0.0351. The van der Waals surface area contributed by atoms with E-state index in [9.17, 15) is 9.90 Å². The Kier molecular flexibility index (Phi) is 2.63. The highest BCUT2D eigenvalue weighted by atomic mass is 16.6. The Balaban J connectivity index is 1.98. The zero-order chi connectivity index (χ0) is 13.0. The Morgan fingerprint density at radius 2 is 2.11 bits per heavy atom. The van der Waals surface area contributed by atoms with Crippen molar-refractivity contribution in [2.24, 2.45) is 23.7 Å². The molecule has 0 aromatic rings. The van der Waals surface area contributed by atoms with Gasteiger partial charge in [-0.3, -0.25) is 4.79 Å². The SMILES string of the molecule is C=C1[C@@H]2[C@H]3OC(=O)[C@H](C)[C@@H]3CCC(=C)[C@@H]2C[C@H]1O. The number of carbonyl (C=O) groups excluding carboxylic acids is 1. The van der Waals surface area contributed by atoms with E-state index in [1.54, 1.807) is 0 Å². The summed E-state index contributed by atoms with van der Waals surface area (Å²) in [6, 6.07) is 0. The number of rotatable bonds is 0. The molecule has 6 atom stereocenters. The van der Waals surface area contributed by atoms with Crippen LogP contribution in [0.5, 0.6) is 0 Å². The van der Waals surface area contributed by atoms with Crippen LogP contribution in [-0.2, 0) is 9.53 Å². The third-order valence-corrected chi connectivity index (χ3v) is 5.13. The summed E-state index contributed by atoms with van der Waals surface area (Å²) >= 11 is 0. The van der Waals surface area contributed by atoms with Crippen molar-refractivity contribution in [3.8, 4) is 0 Å². The van der Waals surface area contributed by atoms with Crippen molar-refractivity contribution in [1.29, 1.82) is 0 Å². The van der Waals surface area contributed by atoms with Crippen molar-refractivity contribution in [3.63, 3.8) is 0 Å². The van der Waals surface area contributed by atoms with E-state index in [4.69, 9.17) is 4.74 Å². The zero-order valence-electron chi connectivity index (χ0n) is 10.8. The van der Waals surface area contributed by atoms with Gasteiger partial charge in [-0.1, -0.05) is 25.7 Å². The predicted molar refractivity (Wildman–Crippen MR) is 67.7 cm³/mol. The molecule has 3 aliphatic rings. The van der Waals surface area contributed by atoms with Crippen LogP contribution in [0.2, 0.25) is 0 Å². The van der Waals surface area contributed by atoms with Gasteiger partial charge in [0.05, 0.1) is 12.0 Å². The van der Waals surface area contributed by atoms with Gasteiger partial charge in [-0.15, -0.1) is 0 Å². The molecule has 3 fully saturated rings. The summed E-state index contributed by atoms with van der Waals surface area (Å²) in [4.78, 5) is 11.8. The van der Waals surface area contributed by atoms with E-state index in [0.717, 1.165) is 18.4 Å². The molecular formula is C15H20O3. The quantitative estimate of drug-likeness (QED) is 0.527. The average Bonchev–Trinajstić information content (AvgIpc) is 2.72. The fourth-order valence-electron chi connectivity index (χ4n) is 3.96. The van der Waals surface area contributed by atoms with Gasteiger partial charge in [0.2, 0.25) is 0 Å². The van der Waals surface area contributed by atoms with Crippen LogP contribution in [-0.4, -0.2) is 23.3 Å². The van der Waals surface area contributed by atoms with Gasteiger partial charge >= 0.3 is 5.97 Å². The largest absolute Gasteiger partial charge is 0.461 e. The van der Waals surface area contributed by atoms with Crippen molar-refractivity contribution >= 4 is 5.97 Å². The second kappa shape index (κ2) is 3.95. The van der Waals surface area contributed by atoms with Gasteiger partial charge in [-0.05, 0) is 30.8 Å². The molecule has 0 radical (unpaired) electrons. The van der Waals surface area contributed by atoms with Gasteiger partial charge in [0, 0.05) is 11.8 Å². The van der Waals surface area contributed by atoms with Crippen LogP contribution < -0.4 is 0 Å². The van der Waals surface area contributed by atoms with Crippen molar-refractivity contribution in [3.05, 3.63) is 24.3 Å². The first-order valence-electron chi connectivity index (χ1n) is 6.75. The third-order valence-electron chi connectivity index (χ3n) is 5.13. The lowest BCUT2D eigenvalue weighted by atomic mass is 9.80. The number of hydrogen-bond acceptors (Lipinski definition) is 3. The molecule has 2 saturated carbocycles. The van der Waals surface area contributed by atoms with Crippen molar-refractivity contribution in [2.45, 2.75) is 38.4 Å². The highest BCUT2D eigenvalue weighted by Crippen LogP contribution is 2.52. The number of hydrogen-bond donors (Lipinski definition) is 1. The van der Waals surface area contributed by atoms with E-state index in [1.807, 2.05) is 6.92 Å². The lowest BCUT2D eigenvalue weighted by Gasteiger charge is -2.26. The second-order valence-corrected chi connectivity index (χ2v) is 6.01. The van der Waals surface area contributed by atoms with Crippen LogP contribution in [0.3, 0.4) is 0 Å². The molecule has 1 N–H and O–H groups in total. The van der Waals surface area contributed by atoms with Gasteiger partial charge in [0.25, 0.3) is 0 Å². The van der Waals surface area contributed by atoms with Gasteiger partial charge in [0.1, 0.15) is 6.10 Å². The maximum absolute atomic E-state index is 11.8. The first-order chi connectivity index (χ1) is 8.50. The molecular weight excluding hydrogens is 228 g/mol. The standard InChI is InChI=1S/C15H20O3/c1-7-4-5-10-8(2)15(17)18-14(10)13-9(3)12(16)6-11(7)13/h8,10-14,16H,1,3-6H2,2H3/t8-,10+,11+,12-,13+,14+/m1/s1. The molecule has 0 bridgehead atoms. The van der Waals surface area contributed by atoms with Crippen LogP contribution in [0.4, 0.5) is 0 Å². The average molecular weight is 248 g/mol. The molecule has 0 amide bonds. The molecule has 0 aromatic heterocycles. The Bertz CT molecular complexity index is 425. The molecule has 98 valence electrons. The number of esters is 1. The topological polar surface area (TPSA) is 46.5 Å². The molecule has 1 aliphatic heterocycles. The van der Waals surface area contributed by atoms with Crippen molar-refractivity contribution < 1.29 is 14.6 Å². The molecule has 18 heavy (non-hydrogen) atoms. The van der Waals surface area contributed by atoms with E-state index in [1.165, 1.54) is 5.57 Å². The summed E-state index contributed by atoms with van der Waals surface area (Å²) in [5.41, 5.74) is 2.02. The van der Waals surface area contributed by atoms with Crippen molar-refractivity contribution in [1.82, 2.24) is 0 Å². The molecule has 0 spiro atoms. The molecule has 1 saturated heterocycles. The van der Waals surface area contributed by atoms with Crippen LogP contribution in [0.25, 0.3) is 0 Å². The van der Waals surface area contributed by atoms with Crippen LogP contribution in [0.1, 0.15) is 26.2 Å². The van der Waals surface area contributed by atoms with Gasteiger partial charge in [-0.2, -0.15) is 0 Å². The number of carbonyl (C=O) groups is 1. The van der Waals surface area contributed by atoms with Crippen LogP contribution in [0, 0.1) is 23.7 Å². The Hall–Kier alpha value is -1.09. The molecule has 3 nitrogen and oxygen atoms in total. The van der Waals surface area contributed by atoms with Crippen molar-refractivity contribution in [2.75, 3.05) is 0 Å². The molecule has 2 aliphatic carbocycles. The van der Waals surface area contributed by atoms with E-state index < -0.39 is 6.10 Å². The van der Waals surface area contributed by atoms with E-state index in [0.29, 0.717) is 6.42 Å². The normalized spacial score (nSPS) is 47.6. The minimum atomic E-state index is -0.467. The molecule has 1 heterocycles. The fraction of sp³-hybridized carbons (Fsp3) is 0.667. The molecule has 0 aromatic carbocycles. The van der Waals surface area contributed by atoms with Gasteiger partial charge in [-0.25, -0.2) is 0 Å². The maximum atomic E-state index is 11.8. The van der Waals surface area contributed by atoms with Crippen LogP contribution >= 0.6 is 0 Å². The monoisotopic (exact) mass is 248 g/mol. The smallest absolute Gasteiger partial charge is 0.309 e. The summed E-state index contributed by atoms with van der Waals surface area (Å²) in [6.07, 6.45) is 2.03. The number of aliphatic hydroxyl groups excluding tert-OH is 1.